The number of primary amides is 1. The third-order valence-corrected chi connectivity index (χ3v) is 4.55. The number of fused-ring (bicyclic) bond motifs is 1. The second-order valence-corrected chi connectivity index (χ2v) is 6.42. The highest BCUT2D eigenvalue weighted by Crippen LogP contribution is 2.26. The van der Waals surface area contributed by atoms with Crippen molar-refractivity contribution in [2.24, 2.45) is 10.8 Å². The highest BCUT2D eigenvalue weighted by atomic mass is 35.5. The molecule has 0 saturated heterocycles. The van der Waals surface area contributed by atoms with Gasteiger partial charge < -0.3 is 5.73 Å². The van der Waals surface area contributed by atoms with Gasteiger partial charge in [-0.3, -0.25) is 10.2 Å². The van der Waals surface area contributed by atoms with Crippen LogP contribution in [-0.4, -0.2) is 16.6 Å². The average molecular weight is 365 g/mol. The quantitative estimate of drug-likeness (QED) is 0.544. The van der Waals surface area contributed by atoms with Crippen molar-refractivity contribution in [2.45, 2.75) is 0 Å². The van der Waals surface area contributed by atoms with Crippen LogP contribution in [0.25, 0.3) is 10.2 Å². The SMILES string of the molecule is NC(=O)/C(=N\Nc1cc(Cl)ccc1Cl)c1nc2ccccc2s1. The van der Waals surface area contributed by atoms with Crippen LogP contribution >= 0.6 is 34.5 Å². The molecule has 0 spiro atoms. The van der Waals surface area contributed by atoms with Crippen LogP contribution in [0, 0.1) is 0 Å². The molecule has 1 heterocycles. The molecule has 1 amide bonds. The molecule has 0 aliphatic rings. The van der Waals surface area contributed by atoms with E-state index in [-0.39, 0.29) is 5.71 Å². The number of rotatable bonds is 4. The molecule has 0 unspecified atom stereocenters. The summed E-state index contributed by atoms with van der Waals surface area (Å²) in [6.07, 6.45) is 0. The maximum Gasteiger partial charge on any atom is 0.272 e. The summed E-state index contributed by atoms with van der Waals surface area (Å²) >= 11 is 13.3. The number of thiazole rings is 1. The monoisotopic (exact) mass is 364 g/mol. The Balaban J connectivity index is 1.98. The van der Waals surface area contributed by atoms with E-state index in [1.54, 1.807) is 18.2 Å². The number of nitrogens with zero attached hydrogens (tertiary/aromatic N) is 2. The molecule has 0 aliphatic carbocycles. The molecule has 3 aromatic rings. The molecule has 0 saturated carbocycles. The van der Waals surface area contributed by atoms with Crippen LogP contribution in [-0.2, 0) is 4.79 Å². The van der Waals surface area contributed by atoms with E-state index in [0.717, 1.165) is 10.2 Å². The highest BCUT2D eigenvalue weighted by Gasteiger charge is 2.16. The largest absolute Gasteiger partial charge is 0.364 e. The second-order valence-electron chi connectivity index (χ2n) is 4.55. The molecular weight excluding hydrogens is 355 g/mol. The number of aromatic nitrogens is 1. The Morgan fingerprint density at radius 3 is 2.74 bits per heavy atom. The molecule has 2 aromatic carbocycles. The lowest BCUT2D eigenvalue weighted by atomic mass is 10.3. The molecule has 3 rings (SSSR count). The number of nitrogens with one attached hydrogen (secondary N) is 1. The number of nitrogens with two attached hydrogens (primary N) is 1. The first-order valence-corrected chi connectivity index (χ1v) is 8.06. The van der Waals surface area contributed by atoms with E-state index in [1.165, 1.54) is 11.3 Å². The van der Waals surface area contributed by atoms with Crippen molar-refractivity contribution in [1.29, 1.82) is 0 Å². The van der Waals surface area contributed by atoms with E-state index in [0.29, 0.717) is 20.7 Å². The summed E-state index contributed by atoms with van der Waals surface area (Å²) in [6.45, 7) is 0. The van der Waals surface area contributed by atoms with Crippen molar-refractivity contribution < 1.29 is 4.79 Å². The maximum atomic E-state index is 11.7. The zero-order valence-electron chi connectivity index (χ0n) is 11.6. The molecule has 0 aliphatic heterocycles. The molecule has 23 heavy (non-hydrogen) atoms. The van der Waals surface area contributed by atoms with Crippen LogP contribution in [0.3, 0.4) is 0 Å². The molecule has 0 fully saturated rings. The molecule has 1 aromatic heterocycles. The predicted octanol–water partition coefficient (Wildman–Crippen LogP) is 3.90. The number of para-hydroxylation sites is 1. The average Bonchev–Trinajstić information content (AvgIpc) is 2.94. The predicted molar refractivity (Wildman–Crippen MR) is 95.4 cm³/mol. The number of hydrogen-bond donors (Lipinski definition) is 2. The lowest BCUT2D eigenvalue weighted by Gasteiger charge is -2.05. The van der Waals surface area contributed by atoms with E-state index in [9.17, 15) is 4.79 Å². The van der Waals surface area contributed by atoms with Crippen LogP contribution in [0.5, 0.6) is 0 Å². The van der Waals surface area contributed by atoms with Gasteiger partial charge in [-0.15, -0.1) is 11.3 Å². The molecule has 0 radical (unpaired) electrons. The molecule has 8 heteroatoms. The van der Waals surface area contributed by atoms with Gasteiger partial charge in [0.15, 0.2) is 10.7 Å². The van der Waals surface area contributed by atoms with Gasteiger partial charge in [-0.25, -0.2) is 4.98 Å². The van der Waals surface area contributed by atoms with Crippen molar-refractivity contribution >= 4 is 62.1 Å². The third-order valence-electron chi connectivity index (χ3n) is 2.95. The van der Waals surface area contributed by atoms with Gasteiger partial charge in [0.25, 0.3) is 5.91 Å². The molecule has 0 atom stereocenters. The van der Waals surface area contributed by atoms with Gasteiger partial charge in [-0.05, 0) is 30.3 Å². The van der Waals surface area contributed by atoms with Gasteiger partial charge in [-0.2, -0.15) is 5.10 Å². The van der Waals surface area contributed by atoms with Gasteiger partial charge in [0.2, 0.25) is 0 Å². The summed E-state index contributed by atoms with van der Waals surface area (Å²) in [5, 5.41) is 5.41. The smallest absolute Gasteiger partial charge is 0.272 e. The number of carbonyl (C=O) groups is 1. The van der Waals surface area contributed by atoms with Crippen molar-refractivity contribution in [3.8, 4) is 0 Å². The molecule has 3 N–H and O–H groups in total. The van der Waals surface area contributed by atoms with Crippen molar-refractivity contribution in [2.75, 3.05) is 5.43 Å². The fourth-order valence-electron chi connectivity index (χ4n) is 1.88. The van der Waals surface area contributed by atoms with Gasteiger partial charge in [-0.1, -0.05) is 35.3 Å². The molecule has 116 valence electrons. The van der Waals surface area contributed by atoms with E-state index < -0.39 is 5.91 Å². The zero-order valence-corrected chi connectivity index (χ0v) is 13.9. The van der Waals surface area contributed by atoms with Gasteiger partial charge >= 0.3 is 0 Å². The number of benzene rings is 2. The molecular formula is C15H10Cl2N4OS. The lowest BCUT2D eigenvalue weighted by molar-refractivity contribution is -0.111. The minimum Gasteiger partial charge on any atom is -0.364 e. The first-order chi connectivity index (χ1) is 11.0. The van der Waals surface area contributed by atoms with Gasteiger partial charge in [0, 0.05) is 5.02 Å². The fourth-order valence-corrected chi connectivity index (χ4v) is 3.17. The van der Waals surface area contributed by atoms with E-state index in [1.807, 2.05) is 24.3 Å². The summed E-state index contributed by atoms with van der Waals surface area (Å²) in [5.74, 6) is -0.685. The standard InChI is InChI=1S/C15H10Cl2N4OS/c16-8-5-6-9(17)11(7-8)20-21-13(14(18)22)15-19-10-3-1-2-4-12(10)23-15/h1-7,20H,(H2,18,22)/b21-13+. The second kappa shape index (κ2) is 6.54. The Morgan fingerprint density at radius 1 is 1.22 bits per heavy atom. The Labute approximate surface area is 145 Å². The minimum atomic E-state index is -0.685. The normalized spacial score (nSPS) is 11.7. The minimum absolute atomic E-state index is 0.0299. The first-order valence-electron chi connectivity index (χ1n) is 6.49. The summed E-state index contributed by atoms with van der Waals surface area (Å²) in [7, 11) is 0. The van der Waals surface area contributed by atoms with Crippen molar-refractivity contribution in [3.63, 3.8) is 0 Å². The Morgan fingerprint density at radius 2 is 2.00 bits per heavy atom. The summed E-state index contributed by atoms with van der Waals surface area (Å²) in [5.41, 5.74) is 9.42. The van der Waals surface area contributed by atoms with Crippen LogP contribution < -0.4 is 11.2 Å². The number of hydrazone groups is 1. The number of anilines is 1. The van der Waals surface area contributed by atoms with E-state index in [2.05, 4.69) is 15.5 Å². The maximum absolute atomic E-state index is 11.7. The first kappa shape index (κ1) is 15.7. The van der Waals surface area contributed by atoms with Crippen LogP contribution in [0.1, 0.15) is 5.01 Å². The van der Waals surface area contributed by atoms with Crippen LogP contribution in [0.15, 0.2) is 47.6 Å². The Hall–Kier alpha value is -2.15. The zero-order chi connectivity index (χ0) is 16.4. The molecule has 5 nitrogen and oxygen atoms in total. The number of hydrogen-bond acceptors (Lipinski definition) is 5. The van der Waals surface area contributed by atoms with Gasteiger partial charge in [0.1, 0.15) is 0 Å². The number of carbonyl (C=O) groups excluding carboxylic acids is 1. The number of amides is 1. The highest BCUT2D eigenvalue weighted by molar-refractivity contribution is 7.21. The van der Waals surface area contributed by atoms with Crippen LogP contribution in [0.4, 0.5) is 5.69 Å². The van der Waals surface area contributed by atoms with Gasteiger partial charge in [0.05, 0.1) is 20.9 Å². The summed E-state index contributed by atoms with van der Waals surface area (Å²) < 4.78 is 0.942. The summed E-state index contributed by atoms with van der Waals surface area (Å²) in [4.78, 5) is 16.1. The Bertz CT molecular complexity index is 890. The number of halogens is 2. The molecule has 0 bridgehead atoms. The fraction of sp³-hybridized carbons (Fsp3) is 0. The van der Waals surface area contributed by atoms with Crippen molar-refractivity contribution in [3.05, 3.63) is 57.5 Å². The Kier molecular flexibility index (Phi) is 4.47. The summed E-state index contributed by atoms with van der Waals surface area (Å²) in [6, 6.07) is 12.4. The topological polar surface area (TPSA) is 80.4 Å². The van der Waals surface area contributed by atoms with E-state index >= 15 is 0 Å². The lowest BCUT2D eigenvalue weighted by Crippen LogP contribution is -2.25. The third kappa shape index (κ3) is 3.44. The van der Waals surface area contributed by atoms with Crippen molar-refractivity contribution in [1.82, 2.24) is 4.98 Å². The van der Waals surface area contributed by atoms with Crippen LogP contribution in [0.2, 0.25) is 10.0 Å². The van der Waals surface area contributed by atoms with E-state index in [4.69, 9.17) is 28.9 Å².